The predicted octanol–water partition coefficient (Wildman–Crippen LogP) is 13.6. The van der Waals surface area contributed by atoms with E-state index in [2.05, 4.69) is 91.0 Å². The van der Waals surface area contributed by atoms with Crippen LogP contribution in [0.4, 0.5) is 0 Å². The molecule has 12 rings (SSSR count). The van der Waals surface area contributed by atoms with Gasteiger partial charge >= 0.3 is 0 Å². The van der Waals surface area contributed by atoms with Crippen LogP contribution in [0.25, 0.3) is 100 Å². The molecule has 2 aliphatic rings. The molecule has 10 aromatic rings. The Bertz CT molecular complexity index is 3070. The fourth-order valence-corrected chi connectivity index (χ4v) is 9.77. The van der Waals surface area contributed by atoms with Gasteiger partial charge in [-0.1, -0.05) is 135 Å². The molecule has 0 aliphatic heterocycles. The van der Waals surface area contributed by atoms with Crippen LogP contribution in [0.3, 0.4) is 0 Å². The van der Waals surface area contributed by atoms with E-state index in [-0.39, 0.29) is 5.41 Å². The third-order valence-corrected chi connectivity index (χ3v) is 12.4. The summed E-state index contributed by atoms with van der Waals surface area (Å²) in [6.45, 7) is 0. The van der Waals surface area contributed by atoms with E-state index in [9.17, 15) is 0 Å². The fourth-order valence-electron chi connectivity index (χ4n) is 9.77. The third kappa shape index (κ3) is 4.64. The lowest BCUT2D eigenvalue weighted by atomic mass is 9.68. The van der Waals surface area contributed by atoms with Crippen molar-refractivity contribution in [1.29, 1.82) is 0 Å². The van der Waals surface area contributed by atoms with Crippen molar-refractivity contribution >= 4 is 43.9 Å². The summed E-state index contributed by atoms with van der Waals surface area (Å²) in [5.74, 6) is 1.67. The van der Waals surface area contributed by atoms with Gasteiger partial charge in [-0.15, -0.1) is 0 Å². The molecule has 1 fully saturated rings. The van der Waals surface area contributed by atoms with Crippen molar-refractivity contribution in [2.75, 3.05) is 0 Å². The SMILES string of the molecule is c1cc(-c2ccc3c(c2)-c2ccccc2C32CCCCC2)cc(-c2nc(-c3cccc4c3oc3ccccc34)nc(-c3cccc4c3oc3ccccc34)n2)c1. The van der Waals surface area contributed by atoms with Gasteiger partial charge in [0.1, 0.15) is 22.3 Å². The van der Waals surface area contributed by atoms with Crippen LogP contribution in [-0.4, -0.2) is 15.0 Å². The summed E-state index contributed by atoms with van der Waals surface area (Å²) >= 11 is 0. The summed E-state index contributed by atoms with van der Waals surface area (Å²) < 4.78 is 13.0. The molecule has 266 valence electrons. The average molecular weight is 722 g/mol. The fraction of sp³-hybridized carbons (Fsp3) is 0.118. The Morgan fingerprint density at radius 3 is 1.59 bits per heavy atom. The summed E-state index contributed by atoms with van der Waals surface area (Å²) in [4.78, 5) is 15.6. The number of aromatic nitrogens is 3. The normalized spacial score (nSPS) is 14.6. The molecular formula is C51H35N3O2. The van der Waals surface area contributed by atoms with Gasteiger partial charge in [0.15, 0.2) is 17.5 Å². The highest BCUT2D eigenvalue weighted by Crippen LogP contribution is 2.56. The zero-order valence-electron chi connectivity index (χ0n) is 30.6. The molecule has 1 spiro atoms. The zero-order valence-corrected chi connectivity index (χ0v) is 30.6. The van der Waals surface area contributed by atoms with Gasteiger partial charge in [0, 0.05) is 32.5 Å². The highest BCUT2D eigenvalue weighted by atomic mass is 16.3. The van der Waals surface area contributed by atoms with Crippen LogP contribution in [0.5, 0.6) is 0 Å². The molecule has 5 heteroatoms. The lowest BCUT2D eigenvalue weighted by Crippen LogP contribution is -2.27. The molecule has 56 heavy (non-hydrogen) atoms. The van der Waals surface area contributed by atoms with Crippen LogP contribution in [0.1, 0.15) is 43.2 Å². The van der Waals surface area contributed by atoms with Gasteiger partial charge in [0.25, 0.3) is 0 Å². The summed E-state index contributed by atoms with van der Waals surface area (Å²) in [6.07, 6.45) is 6.33. The van der Waals surface area contributed by atoms with Crippen LogP contribution in [0.15, 0.2) is 160 Å². The molecule has 7 aromatic carbocycles. The summed E-state index contributed by atoms with van der Waals surface area (Å²) in [5, 5.41) is 4.17. The number of rotatable bonds is 4. The van der Waals surface area contributed by atoms with E-state index in [0.29, 0.717) is 17.5 Å². The van der Waals surface area contributed by atoms with Crippen LogP contribution in [-0.2, 0) is 5.41 Å². The Kier molecular flexibility index (Phi) is 6.79. The topological polar surface area (TPSA) is 65.0 Å². The molecule has 0 atom stereocenters. The molecular weight excluding hydrogens is 687 g/mol. The van der Waals surface area contributed by atoms with Crippen molar-refractivity contribution < 1.29 is 8.83 Å². The first-order valence-electron chi connectivity index (χ1n) is 19.6. The number of fused-ring (bicyclic) bond motifs is 11. The smallest absolute Gasteiger partial charge is 0.167 e. The zero-order chi connectivity index (χ0) is 36.8. The van der Waals surface area contributed by atoms with E-state index in [4.69, 9.17) is 23.8 Å². The highest BCUT2D eigenvalue weighted by molar-refractivity contribution is 6.10. The van der Waals surface area contributed by atoms with Crippen molar-refractivity contribution in [2.45, 2.75) is 37.5 Å². The number of furan rings is 2. The quantitative estimate of drug-likeness (QED) is 0.181. The minimum Gasteiger partial charge on any atom is -0.455 e. The number of hydrogen-bond acceptors (Lipinski definition) is 5. The summed E-state index contributed by atoms with van der Waals surface area (Å²) in [5.41, 5.74) is 13.9. The van der Waals surface area contributed by atoms with E-state index < -0.39 is 0 Å². The Hall–Kier alpha value is -6.85. The predicted molar refractivity (Wildman–Crippen MR) is 225 cm³/mol. The Labute approximate surface area is 323 Å². The second-order valence-corrected chi connectivity index (χ2v) is 15.4. The van der Waals surface area contributed by atoms with Gasteiger partial charge in [-0.25, -0.2) is 15.0 Å². The molecule has 0 saturated heterocycles. The standard InChI is InChI=1S/C51H35N3O2/c1-8-27-51(28-9-1)42-22-5-2-15-34(42)41-30-32(25-26-43(41)51)31-13-10-14-33(29-31)48-52-49(39-20-11-18-37-35-16-3-6-23-44(35)55-46(37)39)54-50(53-48)40-21-12-19-38-36-17-4-7-24-45(36)56-47(38)40/h2-7,10-26,29-30H,1,8-9,27-28H2. The highest BCUT2D eigenvalue weighted by Gasteiger charge is 2.43. The summed E-state index contributed by atoms with van der Waals surface area (Å²) in [7, 11) is 0. The van der Waals surface area contributed by atoms with Gasteiger partial charge in [0.05, 0.1) is 11.1 Å². The second-order valence-electron chi connectivity index (χ2n) is 15.4. The molecule has 3 aromatic heterocycles. The largest absolute Gasteiger partial charge is 0.455 e. The van der Waals surface area contributed by atoms with Crippen molar-refractivity contribution in [3.05, 3.63) is 163 Å². The monoisotopic (exact) mass is 721 g/mol. The minimum atomic E-state index is 0.133. The number of benzene rings is 7. The minimum absolute atomic E-state index is 0.133. The number of nitrogens with zero attached hydrogens (tertiary/aromatic N) is 3. The van der Waals surface area contributed by atoms with E-state index in [0.717, 1.165) is 66.1 Å². The lowest BCUT2D eigenvalue weighted by Gasteiger charge is -2.36. The van der Waals surface area contributed by atoms with Gasteiger partial charge < -0.3 is 8.83 Å². The number of hydrogen-bond donors (Lipinski definition) is 0. The van der Waals surface area contributed by atoms with Crippen molar-refractivity contribution in [2.24, 2.45) is 0 Å². The lowest BCUT2D eigenvalue weighted by molar-refractivity contribution is 0.353. The van der Waals surface area contributed by atoms with Gasteiger partial charge in [0.2, 0.25) is 0 Å². The van der Waals surface area contributed by atoms with E-state index in [1.165, 1.54) is 59.9 Å². The van der Waals surface area contributed by atoms with Gasteiger partial charge in [-0.2, -0.15) is 0 Å². The van der Waals surface area contributed by atoms with Crippen molar-refractivity contribution in [3.8, 4) is 56.4 Å². The van der Waals surface area contributed by atoms with E-state index >= 15 is 0 Å². The van der Waals surface area contributed by atoms with Crippen LogP contribution in [0.2, 0.25) is 0 Å². The van der Waals surface area contributed by atoms with Crippen LogP contribution < -0.4 is 0 Å². The maximum absolute atomic E-state index is 6.50. The van der Waals surface area contributed by atoms with Crippen molar-refractivity contribution in [1.82, 2.24) is 15.0 Å². The molecule has 2 aliphatic carbocycles. The first kappa shape index (κ1) is 31.5. The maximum atomic E-state index is 6.50. The molecule has 5 nitrogen and oxygen atoms in total. The molecule has 0 bridgehead atoms. The Balaban J connectivity index is 1.04. The Morgan fingerprint density at radius 1 is 0.375 bits per heavy atom. The molecule has 0 N–H and O–H groups in total. The number of para-hydroxylation sites is 4. The first-order valence-corrected chi connectivity index (χ1v) is 19.6. The second kappa shape index (κ2) is 12.1. The van der Waals surface area contributed by atoms with Crippen LogP contribution in [0, 0.1) is 0 Å². The van der Waals surface area contributed by atoms with Gasteiger partial charge in [-0.3, -0.25) is 0 Å². The van der Waals surface area contributed by atoms with Crippen molar-refractivity contribution in [3.63, 3.8) is 0 Å². The molecule has 0 radical (unpaired) electrons. The average Bonchev–Trinajstić information content (AvgIpc) is 3.92. The Morgan fingerprint density at radius 2 is 0.893 bits per heavy atom. The molecule has 0 unspecified atom stereocenters. The maximum Gasteiger partial charge on any atom is 0.167 e. The van der Waals surface area contributed by atoms with E-state index in [1.54, 1.807) is 0 Å². The molecule has 3 heterocycles. The summed E-state index contributed by atoms with van der Waals surface area (Å²) in [6, 6.07) is 53.4. The molecule has 0 amide bonds. The van der Waals surface area contributed by atoms with Crippen LogP contribution >= 0.6 is 0 Å². The molecule has 1 saturated carbocycles. The third-order valence-electron chi connectivity index (χ3n) is 12.4. The van der Waals surface area contributed by atoms with Gasteiger partial charge in [-0.05, 0) is 82.6 Å². The van der Waals surface area contributed by atoms with E-state index in [1.807, 2.05) is 60.7 Å². The first-order chi connectivity index (χ1) is 27.7.